The summed E-state index contributed by atoms with van der Waals surface area (Å²) in [5.41, 5.74) is -1.34. The third kappa shape index (κ3) is 36.3. The van der Waals surface area contributed by atoms with Crippen LogP contribution >= 0.6 is 0 Å². The molecular formula is C71H126N8O30. The lowest BCUT2D eigenvalue weighted by Crippen LogP contribution is -2.64. The average Bonchev–Trinajstić information content (AvgIpc) is 1.01. The van der Waals surface area contributed by atoms with Crippen LogP contribution in [0.3, 0.4) is 0 Å². The predicted molar refractivity (Wildman–Crippen MR) is 381 cm³/mol. The van der Waals surface area contributed by atoms with E-state index in [9.17, 15) is 84.3 Å². The van der Waals surface area contributed by atoms with E-state index < -0.39 is 165 Å². The van der Waals surface area contributed by atoms with Crippen molar-refractivity contribution in [1.82, 2.24) is 42.5 Å². The molecule has 0 bridgehead atoms. The Morgan fingerprint density at radius 3 is 1.08 bits per heavy atom. The van der Waals surface area contributed by atoms with Crippen molar-refractivity contribution >= 4 is 47.3 Å². The largest absolute Gasteiger partial charge is 0.394 e. The minimum absolute atomic E-state index is 0.00378. The standard InChI is InChI=1S/C71H126N8O30/c1-44(83)75-59-65(94)62(91)51(41-80)107-68(59)103-35-32-100-29-26-97-23-20-72-54(86)14-17-71(79-58(90)13-9-12-57(89)78-47(4)106-50-39-49(40-50)38-48-10-7-5-6-8-11-48,18-15-55(87)73-21-24-98-27-30-101-33-36-104-69-60(76-45(2)84)66(95)63(92)52(42-81)108-69)19-16-56(88)74-22-25-99-28-31-102-34-37-105-70-61(77-46(3)85)67(96)64(93)53(43-82)109-70/h47-53,59-70,80-82,91-96H,5-43H2,1-4H3,(H,72,86)(H,73,87)(H,74,88)(H,75,83)(H,76,84)(H,77,85)(H,78,89)(H,79,90)/t47?,49?,50?,51?,52?,53?,59?,60?,61?,62?,63?,64?,65-,66?,67?,68?,69?,70?,71?/m1/s1. The highest BCUT2D eigenvalue weighted by molar-refractivity contribution is 5.81. The number of ether oxygens (including phenoxy) is 13. The highest BCUT2D eigenvalue weighted by Gasteiger charge is 2.48. The zero-order chi connectivity index (χ0) is 79.5. The number of nitrogens with one attached hydrogen (secondary N) is 8. The summed E-state index contributed by atoms with van der Waals surface area (Å²) < 4.78 is 73.6. The molecule has 630 valence electrons. The van der Waals surface area contributed by atoms with Crippen LogP contribution in [0, 0.1) is 11.8 Å². The summed E-state index contributed by atoms with van der Waals surface area (Å²) in [5, 5.41) is 113. The Balaban J connectivity index is 1.14. The number of rotatable bonds is 55. The molecule has 17 N–H and O–H groups in total. The molecule has 3 saturated heterocycles. The van der Waals surface area contributed by atoms with Gasteiger partial charge in [0.25, 0.3) is 0 Å². The van der Waals surface area contributed by atoms with Crippen molar-refractivity contribution in [1.29, 1.82) is 0 Å². The molecule has 5 rings (SSSR count). The van der Waals surface area contributed by atoms with Gasteiger partial charge in [0, 0.05) is 78.0 Å². The summed E-state index contributed by atoms with van der Waals surface area (Å²) in [4.78, 5) is 104. The van der Waals surface area contributed by atoms with Crippen LogP contribution in [-0.4, -0.2) is 342 Å². The van der Waals surface area contributed by atoms with Crippen LogP contribution in [0.15, 0.2) is 0 Å². The highest BCUT2D eigenvalue weighted by Crippen LogP contribution is 2.39. The van der Waals surface area contributed by atoms with Crippen LogP contribution in [0.25, 0.3) is 0 Å². The second-order valence-corrected chi connectivity index (χ2v) is 28.2. The number of aliphatic hydroxyl groups excluding tert-OH is 9. The monoisotopic (exact) mass is 1570 g/mol. The number of carbonyl (C=O) groups excluding carboxylic acids is 8. The van der Waals surface area contributed by atoms with Crippen molar-refractivity contribution in [3.05, 3.63) is 0 Å². The maximum Gasteiger partial charge on any atom is 0.221 e. The molecule has 5 aliphatic rings. The van der Waals surface area contributed by atoms with Crippen LogP contribution in [0.5, 0.6) is 0 Å². The summed E-state index contributed by atoms with van der Waals surface area (Å²) in [6, 6.07) is -3.36. The molecule has 16 atom stereocenters. The molecule has 0 aromatic rings. The third-order valence-electron chi connectivity index (χ3n) is 19.4. The summed E-state index contributed by atoms with van der Waals surface area (Å²) in [6.45, 7) is 4.63. The first-order valence-corrected chi connectivity index (χ1v) is 38.4. The zero-order valence-corrected chi connectivity index (χ0v) is 63.6. The van der Waals surface area contributed by atoms with E-state index in [1.807, 2.05) is 0 Å². The van der Waals surface area contributed by atoms with Crippen molar-refractivity contribution in [3.63, 3.8) is 0 Å². The van der Waals surface area contributed by atoms with E-state index in [-0.39, 0.29) is 189 Å². The molecule has 38 nitrogen and oxygen atoms in total. The average molecular weight is 1570 g/mol. The Morgan fingerprint density at radius 1 is 0.413 bits per heavy atom. The molecule has 2 aliphatic carbocycles. The van der Waals surface area contributed by atoms with Crippen molar-refractivity contribution in [3.8, 4) is 0 Å². The van der Waals surface area contributed by atoms with Crippen LogP contribution in [-0.2, 0) is 99.9 Å². The molecule has 15 unspecified atom stereocenters. The number of hydrogen-bond donors (Lipinski definition) is 17. The van der Waals surface area contributed by atoms with Crippen molar-refractivity contribution < 1.29 is 146 Å². The summed E-state index contributed by atoms with van der Waals surface area (Å²) in [6.07, 6.45) is -6.06. The Morgan fingerprint density at radius 2 is 0.743 bits per heavy atom. The van der Waals surface area contributed by atoms with Crippen molar-refractivity contribution in [2.75, 3.05) is 139 Å². The van der Waals surface area contributed by atoms with Gasteiger partial charge >= 0.3 is 0 Å². The van der Waals surface area contributed by atoms with Gasteiger partial charge in [-0.2, -0.15) is 0 Å². The maximum atomic E-state index is 14.1. The van der Waals surface area contributed by atoms with E-state index in [2.05, 4.69) is 42.5 Å². The Hall–Kier alpha value is -5.12. The number of carbonyl (C=O) groups is 8. The van der Waals surface area contributed by atoms with Gasteiger partial charge in [0.05, 0.1) is 125 Å². The summed E-state index contributed by atoms with van der Waals surface area (Å²) in [5.74, 6) is -2.21. The molecule has 8 amide bonds. The van der Waals surface area contributed by atoms with E-state index in [0.717, 1.165) is 18.8 Å². The second kappa shape index (κ2) is 53.0. The molecule has 0 radical (unpaired) electrons. The molecule has 38 heteroatoms. The van der Waals surface area contributed by atoms with E-state index in [4.69, 9.17) is 61.6 Å². The van der Waals surface area contributed by atoms with Gasteiger partial charge in [-0.25, -0.2) is 0 Å². The summed E-state index contributed by atoms with van der Waals surface area (Å²) >= 11 is 0. The fourth-order valence-corrected chi connectivity index (χ4v) is 13.6. The molecule has 2 saturated carbocycles. The molecule has 3 heterocycles. The van der Waals surface area contributed by atoms with Gasteiger partial charge in [-0.1, -0.05) is 38.5 Å². The van der Waals surface area contributed by atoms with E-state index in [0.29, 0.717) is 5.92 Å². The first kappa shape index (κ1) is 94.5. The number of hydrogen-bond acceptors (Lipinski definition) is 30. The zero-order valence-electron chi connectivity index (χ0n) is 63.6. The van der Waals surface area contributed by atoms with Crippen molar-refractivity contribution in [2.24, 2.45) is 11.8 Å². The van der Waals surface area contributed by atoms with E-state index in [1.54, 1.807) is 6.92 Å². The lowest BCUT2D eigenvalue weighted by atomic mass is 9.75. The topological polar surface area (TPSA) is 535 Å². The minimum atomic E-state index is -1.48. The van der Waals surface area contributed by atoms with Gasteiger partial charge in [0.1, 0.15) is 79.3 Å². The first-order chi connectivity index (χ1) is 52.3. The second-order valence-electron chi connectivity index (χ2n) is 28.2. The minimum Gasteiger partial charge on any atom is -0.394 e. The van der Waals surface area contributed by atoms with Crippen LogP contribution in [0.1, 0.15) is 143 Å². The van der Waals surface area contributed by atoms with Crippen LogP contribution in [0.4, 0.5) is 0 Å². The summed E-state index contributed by atoms with van der Waals surface area (Å²) in [7, 11) is 0. The van der Waals surface area contributed by atoms with Crippen LogP contribution in [0.2, 0.25) is 0 Å². The quantitative estimate of drug-likeness (QED) is 0.0155. The van der Waals surface area contributed by atoms with Gasteiger partial charge < -0.3 is 150 Å². The predicted octanol–water partition coefficient (Wildman–Crippen LogP) is -4.70. The lowest BCUT2D eigenvalue weighted by molar-refractivity contribution is -0.272. The Kier molecular flexibility index (Phi) is 46.0. The molecule has 3 aliphatic heterocycles. The smallest absolute Gasteiger partial charge is 0.221 e. The molecule has 5 fully saturated rings. The fraction of sp³-hybridized carbons (Fsp3) is 0.887. The van der Waals surface area contributed by atoms with E-state index in [1.165, 1.54) is 65.7 Å². The first-order valence-electron chi connectivity index (χ1n) is 38.4. The van der Waals surface area contributed by atoms with E-state index >= 15 is 0 Å². The molecule has 0 spiro atoms. The Bertz CT molecular complexity index is 2410. The Labute approximate surface area is 637 Å². The fourth-order valence-electron chi connectivity index (χ4n) is 13.6. The maximum absolute atomic E-state index is 14.1. The normalized spacial score (nSPS) is 28.1. The van der Waals surface area contributed by atoms with Gasteiger partial charge in [0.15, 0.2) is 18.9 Å². The van der Waals surface area contributed by atoms with Gasteiger partial charge in [0.2, 0.25) is 47.3 Å². The lowest BCUT2D eigenvalue weighted by Gasteiger charge is -2.42. The highest BCUT2D eigenvalue weighted by atomic mass is 16.7. The van der Waals surface area contributed by atoms with Crippen LogP contribution < -0.4 is 42.5 Å². The third-order valence-corrected chi connectivity index (χ3v) is 19.4. The van der Waals surface area contributed by atoms with Gasteiger partial charge in [-0.15, -0.1) is 0 Å². The molecular weight excluding hydrogens is 1440 g/mol. The van der Waals surface area contributed by atoms with Gasteiger partial charge in [-0.05, 0) is 63.7 Å². The number of amides is 8. The molecule has 0 aromatic carbocycles. The van der Waals surface area contributed by atoms with Crippen molar-refractivity contribution in [2.45, 2.75) is 253 Å². The SMILES string of the molecule is CC(=O)NC1C(OCCOCCOCCNC(=O)CCC(CCC(=O)NCCOCCOCCOC2OC(CO)C(O)C(O)C2NC(C)=O)(CCC(=O)NCCOCCOCCOC2OC(CO)C(O)[C@H](O)C2NC(C)=O)NC(=O)CCCC(=O)NC(C)OC2CC(CC3CCCCCC3)C2)OC(CO)C(O)C1O. The molecule has 109 heavy (non-hydrogen) atoms. The van der Waals surface area contributed by atoms with Gasteiger partial charge in [-0.3, -0.25) is 38.4 Å². The molecule has 0 aromatic heterocycles. The number of aliphatic hydroxyl groups is 9.